The Hall–Kier alpha value is -1.06. The van der Waals surface area contributed by atoms with Crippen LogP contribution in [-0.4, -0.2) is 38.2 Å². The molecule has 1 aromatic rings. The fourth-order valence-corrected chi connectivity index (χ4v) is 2.96. The molecular weight excluding hydrogens is 248 g/mol. The molecule has 0 amide bonds. The van der Waals surface area contributed by atoms with E-state index in [-0.39, 0.29) is 0 Å². The number of ether oxygens (including phenoxy) is 1. The summed E-state index contributed by atoms with van der Waals surface area (Å²) in [5.74, 6) is 1.77. The van der Waals surface area contributed by atoms with Gasteiger partial charge in [0.25, 0.3) is 0 Å². The third kappa shape index (κ3) is 3.97. The fourth-order valence-electron chi connectivity index (χ4n) is 2.96. The van der Waals surface area contributed by atoms with Crippen molar-refractivity contribution in [2.45, 2.75) is 32.7 Å². The van der Waals surface area contributed by atoms with Gasteiger partial charge in [0.2, 0.25) is 0 Å². The van der Waals surface area contributed by atoms with Crippen molar-refractivity contribution in [1.29, 1.82) is 0 Å². The van der Waals surface area contributed by atoms with E-state index in [0.717, 1.165) is 37.8 Å². The molecule has 0 aliphatic carbocycles. The molecule has 1 atom stereocenters. The molecule has 1 aliphatic rings. The Kier molecular flexibility index (Phi) is 5.86. The maximum absolute atomic E-state index is 5.58. The highest BCUT2D eigenvalue weighted by molar-refractivity contribution is 5.36. The topological polar surface area (TPSA) is 24.5 Å². The van der Waals surface area contributed by atoms with E-state index in [1.165, 1.54) is 18.4 Å². The Bertz CT molecular complexity index is 400. The third-order valence-corrected chi connectivity index (χ3v) is 4.11. The van der Waals surface area contributed by atoms with E-state index in [1.807, 2.05) is 0 Å². The number of hydrogen-bond acceptors (Lipinski definition) is 3. The van der Waals surface area contributed by atoms with Gasteiger partial charge >= 0.3 is 0 Å². The summed E-state index contributed by atoms with van der Waals surface area (Å²) in [7, 11) is 1.77. The number of benzene rings is 1. The molecular formula is C17H28N2O. The van der Waals surface area contributed by atoms with E-state index in [9.17, 15) is 0 Å². The van der Waals surface area contributed by atoms with Gasteiger partial charge in [-0.05, 0) is 24.8 Å². The van der Waals surface area contributed by atoms with Crippen molar-refractivity contribution in [3.05, 3.63) is 29.8 Å². The molecule has 1 saturated heterocycles. The first-order valence-electron chi connectivity index (χ1n) is 7.80. The molecule has 0 saturated carbocycles. The second kappa shape index (κ2) is 7.65. The molecule has 0 aromatic heterocycles. The molecule has 20 heavy (non-hydrogen) atoms. The van der Waals surface area contributed by atoms with Crippen LogP contribution in [0.3, 0.4) is 0 Å². The quantitative estimate of drug-likeness (QED) is 0.864. The minimum Gasteiger partial charge on any atom is -0.496 e. The van der Waals surface area contributed by atoms with Crippen LogP contribution in [0.1, 0.15) is 38.3 Å². The molecule has 2 rings (SSSR count). The van der Waals surface area contributed by atoms with Crippen molar-refractivity contribution in [3.63, 3.8) is 0 Å². The summed E-state index contributed by atoms with van der Waals surface area (Å²) in [4.78, 5) is 2.61. The Labute approximate surface area is 123 Å². The van der Waals surface area contributed by atoms with Gasteiger partial charge in [0.05, 0.1) is 7.11 Å². The molecule has 1 aromatic carbocycles. The lowest BCUT2D eigenvalue weighted by molar-refractivity contribution is 0.157. The number of methoxy groups -OCH3 is 1. The number of piperazine rings is 1. The SMILES string of the molecule is COc1ccccc1[C@@H](CCC(C)C)N1CCNCC1. The molecule has 0 radical (unpaired) electrons. The van der Waals surface area contributed by atoms with Crippen LogP contribution in [0.4, 0.5) is 0 Å². The Morgan fingerprint density at radius 3 is 2.50 bits per heavy atom. The van der Waals surface area contributed by atoms with Crippen molar-refractivity contribution >= 4 is 0 Å². The smallest absolute Gasteiger partial charge is 0.123 e. The average molecular weight is 276 g/mol. The van der Waals surface area contributed by atoms with Crippen LogP contribution in [0.5, 0.6) is 5.75 Å². The largest absolute Gasteiger partial charge is 0.496 e. The predicted octanol–water partition coefficient (Wildman–Crippen LogP) is 3.08. The minimum atomic E-state index is 0.482. The Balaban J connectivity index is 2.19. The average Bonchev–Trinajstić information content (AvgIpc) is 2.49. The zero-order valence-corrected chi connectivity index (χ0v) is 13.1. The number of rotatable bonds is 6. The fraction of sp³-hybridized carbons (Fsp3) is 0.647. The zero-order chi connectivity index (χ0) is 14.4. The maximum Gasteiger partial charge on any atom is 0.123 e. The van der Waals surface area contributed by atoms with Crippen LogP contribution < -0.4 is 10.1 Å². The first-order valence-corrected chi connectivity index (χ1v) is 7.80. The van der Waals surface area contributed by atoms with Crippen LogP contribution in [0.15, 0.2) is 24.3 Å². The Morgan fingerprint density at radius 2 is 1.85 bits per heavy atom. The van der Waals surface area contributed by atoms with Gasteiger partial charge in [0.15, 0.2) is 0 Å². The highest BCUT2D eigenvalue weighted by Crippen LogP contribution is 2.33. The van der Waals surface area contributed by atoms with E-state index in [0.29, 0.717) is 6.04 Å². The van der Waals surface area contributed by atoms with Gasteiger partial charge in [-0.1, -0.05) is 32.0 Å². The lowest BCUT2D eigenvalue weighted by atomic mass is 9.95. The number of hydrogen-bond donors (Lipinski definition) is 1. The van der Waals surface area contributed by atoms with Crippen LogP contribution >= 0.6 is 0 Å². The van der Waals surface area contributed by atoms with Gasteiger partial charge in [0, 0.05) is 37.8 Å². The second-order valence-electron chi connectivity index (χ2n) is 6.01. The molecule has 0 spiro atoms. The highest BCUT2D eigenvalue weighted by Gasteiger charge is 2.24. The summed E-state index contributed by atoms with van der Waals surface area (Å²) < 4.78 is 5.58. The summed E-state index contributed by atoms with van der Waals surface area (Å²) in [6.07, 6.45) is 2.46. The van der Waals surface area contributed by atoms with Crippen LogP contribution in [0.2, 0.25) is 0 Å². The van der Waals surface area contributed by atoms with E-state index in [4.69, 9.17) is 4.74 Å². The van der Waals surface area contributed by atoms with E-state index in [2.05, 4.69) is 48.3 Å². The Morgan fingerprint density at radius 1 is 1.15 bits per heavy atom. The van der Waals surface area contributed by atoms with Crippen LogP contribution in [0.25, 0.3) is 0 Å². The minimum absolute atomic E-state index is 0.482. The number of nitrogens with one attached hydrogen (secondary N) is 1. The predicted molar refractivity (Wildman–Crippen MR) is 84.2 cm³/mol. The van der Waals surface area contributed by atoms with Gasteiger partial charge in [-0.3, -0.25) is 4.90 Å². The molecule has 0 bridgehead atoms. The summed E-state index contributed by atoms with van der Waals surface area (Å²) in [5, 5.41) is 3.44. The van der Waals surface area contributed by atoms with Gasteiger partial charge in [-0.25, -0.2) is 0 Å². The molecule has 3 nitrogen and oxygen atoms in total. The van der Waals surface area contributed by atoms with Gasteiger partial charge in [-0.15, -0.1) is 0 Å². The van der Waals surface area contributed by atoms with E-state index in [1.54, 1.807) is 7.11 Å². The molecule has 1 aliphatic heterocycles. The standard InChI is InChI=1S/C17H28N2O/c1-14(2)8-9-16(19-12-10-18-11-13-19)15-6-4-5-7-17(15)20-3/h4-7,14,16,18H,8-13H2,1-3H3/t16-/m1/s1. The van der Waals surface area contributed by atoms with Crippen molar-refractivity contribution in [2.75, 3.05) is 33.3 Å². The van der Waals surface area contributed by atoms with Gasteiger partial charge in [-0.2, -0.15) is 0 Å². The van der Waals surface area contributed by atoms with Crippen molar-refractivity contribution in [3.8, 4) is 5.75 Å². The number of para-hydroxylation sites is 1. The van der Waals surface area contributed by atoms with Gasteiger partial charge < -0.3 is 10.1 Å². The monoisotopic (exact) mass is 276 g/mol. The van der Waals surface area contributed by atoms with Crippen molar-refractivity contribution in [2.24, 2.45) is 5.92 Å². The second-order valence-corrected chi connectivity index (χ2v) is 6.01. The van der Waals surface area contributed by atoms with E-state index < -0.39 is 0 Å². The molecule has 112 valence electrons. The first kappa shape index (κ1) is 15.3. The lowest BCUT2D eigenvalue weighted by Crippen LogP contribution is -2.45. The zero-order valence-electron chi connectivity index (χ0n) is 13.1. The summed E-state index contributed by atoms with van der Waals surface area (Å²) in [5.41, 5.74) is 1.34. The maximum atomic E-state index is 5.58. The molecule has 3 heteroatoms. The molecule has 1 fully saturated rings. The van der Waals surface area contributed by atoms with Gasteiger partial charge in [0.1, 0.15) is 5.75 Å². The van der Waals surface area contributed by atoms with Crippen molar-refractivity contribution < 1.29 is 4.74 Å². The first-order chi connectivity index (χ1) is 9.72. The van der Waals surface area contributed by atoms with Crippen LogP contribution in [0, 0.1) is 5.92 Å². The van der Waals surface area contributed by atoms with Crippen LogP contribution in [-0.2, 0) is 0 Å². The van der Waals surface area contributed by atoms with E-state index >= 15 is 0 Å². The normalized spacial score (nSPS) is 18.2. The van der Waals surface area contributed by atoms with Crippen molar-refractivity contribution in [1.82, 2.24) is 10.2 Å². The summed E-state index contributed by atoms with van der Waals surface area (Å²) in [6.45, 7) is 9.04. The third-order valence-electron chi connectivity index (χ3n) is 4.11. The molecule has 0 unspecified atom stereocenters. The summed E-state index contributed by atoms with van der Waals surface area (Å²) >= 11 is 0. The number of nitrogens with zero attached hydrogens (tertiary/aromatic N) is 1. The molecule has 1 N–H and O–H groups in total. The molecule has 1 heterocycles. The summed E-state index contributed by atoms with van der Waals surface area (Å²) in [6, 6.07) is 8.98. The lowest BCUT2D eigenvalue weighted by Gasteiger charge is -2.36. The highest BCUT2D eigenvalue weighted by atomic mass is 16.5.